The number of nitrogens with zero attached hydrogens (tertiary/aromatic N) is 2. The van der Waals surface area contributed by atoms with Gasteiger partial charge in [-0.2, -0.15) is 0 Å². The number of nitrogens with one attached hydrogen (secondary N) is 3. The molecule has 2 rings (SSSR count). The van der Waals surface area contributed by atoms with Crippen LogP contribution in [-0.4, -0.2) is 55.5 Å². The number of amides is 1. The Kier molecular flexibility index (Phi) is 9.11. The first-order valence-electron chi connectivity index (χ1n) is 8.10. The van der Waals surface area contributed by atoms with Crippen molar-refractivity contribution in [1.29, 1.82) is 0 Å². The second kappa shape index (κ2) is 10.8. The molecular formula is C18H25FIN5O. The fourth-order valence-electron chi connectivity index (χ4n) is 2.30. The van der Waals surface area contributed by atoms with Crippen molar-refractivity contribution in [3.8, 4) is 0 Å². The molecule has 142 valence electrons. The van der Waals surface area contributed by atoms with Crippen LogP contribution in [0.2, 0.25) is 0 Å². The van der Waals surface area contributed by atoms with E-state index in [0.717, 1.165) is 16.5 Å². The number of carbonyl (C=O) groups excluding carboxylic acids is 1. The number of aromatic amines is 1. The Hall–Kier alpha value is -2.10. The molecule has 26 heavy (non-hydrogen) atoms. The van der Waals surface area contributed by atoms with Gasteiger partial charge in [0.15, 0.2) is 5.96 Å². The van der Waals surface area contributed by atoms with Gasteiger partial charge in [-0.05, 0) is 30.2 Å². The minimum atomic E-state index is -0.251. The summed E-state index contributed by atoms with van der Waals surface area (Å²) in [5, 5.41) is 7.13. The monoisotopic (exact) mass is 473 g/mol. The van der Waals surface area contributed by atoms with Gasteiger partial charge >= 0.3 is 0 Å². The van der Waals surface area contributed by atoms with Crippen molar-refractivity contribution in [3.05, 3.63) is 48.4 Å². The summed E-state index contributed by atoms with van der Waals surface area (Å²) in [4.78, 5) is 20.6. The molecule has 1 aromatic heterocycles. The van der Waals surface area contributed by atoms with Crippen LogP contribution in [0.3, 0.4) is 0 Å². The SMILES string of the molecule is C=CCNC(=NCC(=O)N(C)C)NCCc1c[nH]c2ccc(F)cc12.I. The second-order valence-corrected chi connectivity index (χ2v) is 5.80. The molecule has 0 aliphatic heterocycles. The zero-order valence-corrected chi connectivity index (χ0v) is 17.3. The molecular weight excluding hydrogens is 448 g/mol. The molecule has 3 N–H and O–H groups in total. The summed E-state index contributed by atoms with van der Waals surface area (Å²) in [6, 6.07) is 4.70. The van der Waals surface area contributed by atoms with Crippen LogP contribution in [0.1, 0.15) is 5.56 Å². The highest BCUT2D eigenvalue weighted by Gasteiger charge is 2.07. The molecule has 1 amide bonds. The van der Waals surface area contributed by atoms with E-state index in [2.05, 4.69) is 27.2 Å². The number of aromatic nitrogens is 1. The van der Waals surface area contributed by atoms with Crippen LogP contribution >= 0.6 is 24.0 Å². The summed E-state index contributed by atoms with van der Waals surface area (Å²) in [7, 11) is 3.39. The molecule has 0 saturated carbocycles. The Morgan fingerprint density at radius 1 is 1.38 bits per heavy atom. The Bertz CT molecular complexity index is 772. The lowest BCUT2D eigenvalue weighted by atomic mass is 10.1. The average Bonchev–Trinajstić information content (AvgIpc) is 2.98. The van der Waals surface area contributed by atoms with E-state index in [4.69, 9.17) is 0 Å². The van der Waals surface area contributed by atoms with Gasteiger partial charge in [-0.3, -0.25) is 4.79 Å². The number of fused-ring (bicyclic) bond motifs is 1. The number of aliphatic imine (C=N–C) groups is 1. The number of carbonyl (C=O) groups is 1. The maximum absolute atomic E-state index is 13.4. The lowest BCUT2D eigenvalue weighted by Gasteiger charge is -2.12. The normalized spacial score (nSPS) is 11.0. The van der Waals surface area contributed by atoms with E-state index in [-0.39, 0.29) is 42.2 Å². The minimum Gasteiger partial charge on any atom is -0.361 e. The summed E-state index contributed by atoms with van der Waals surface area (Å²) in [5.74, 6) is 0.214. The molecule has 0 radical (unpaired) electrons. The van der Waals surface area contributed by atoms with Gasteiger partial charge in [-0.1, -0.05) is 6.08 Å². The molecule has 2 aromatic rings. The highest BCUT2D eigenvalue weighted by molar-refractivity contribution is 14.0. The molecule has 0 fully saturated rings. The number of guanidine groups is 1. The maximum atomic E-state index is 13.4. The number of benzene rings is 1. The van der Waals surface area contributed by atoms with Gasteiger partial charge in [0.05, 0.1) is 0 Å². The van der Waals surface area contributed by atoms with Gasteiger partial charge in [0.2, 0.25) is 5.91 Å². The smallest absolute Gasteiger partial charge is 0.243 e. The lowest BCUT2D eigenvalue weighted by molar-refractivity contribution is -0.127. The van der Waals surface area contributed by atoms with Gasteiger partial charge in [-0.15, -0.1) is 30.6 Å². The highest BCUT2D eigenvalue weighted by atomic mass is 127. The molecule has 0 aliphatic carbocycles. The third-order valence-electron chi connectivity index (χ3n) is 3.70. The van der Waals surface area contributed by atoms with Crippen molar-refractivity contribution in [3.63, 3.8) is 0 Å². The van der Waals surface area contributed by atoms with Crippen LogP contribution in [0, 0.1) is 5.82 Å². The first-order valence-corrected chi connectivity index (χ1v) is 8.10. The lowest BCUT2D eigenvalue weighted by Crippen LogP contribution is -2.39. The van der Waals surface area contributed by atoms with Crippen LogP contribution in [0.15, 0.2) is 42.0 Å². The maximum Gasteiger partial charge on any atom is 0.243 e. The number of halogens is 2. The first-order chi connectivity index (χ1) is 12.0. The predicted octanol–water partition coefficient (Wildman–Crippen LogP) is 2.28. The number of H-pyrrole nitrogens is 1. The summed E-state index contributed by atoms with van der Waals surface area (Å²) in [6.45, 7) is 4.87. The van der Waals surface area contributed by atoms with Crippen molar-refractivity contribution in [2.45, 2.75) is 6.42 Å². The quantitative estimate of drug-likeness (QED) is 0.250. The molecule has 0 aliphatic rings. The van der Waals surface area contributed by atoms with Crippen LogP contribution in [0.25, 0.3) is 10.9 Å². The fraction of sp³-hybridized carbons (Fsp3) is 0.333. The van der Waals surface area contributed by atoms with E-state index in [1.54, 1.807) is 26.2 Å². The molecule has 1 heterocycles. The zero-order chi connectivity index (χ0) is 18.2. The van der Waals surface area contributed by atoms with Crippen molar-refractivity contribution in [2.24, 2.45) is 4.99 Å². The van der Waals surface area contributed by atoms with E-state index < -0.39 is 0 Å². The van der Waals surface area contributed by atoms with E-state index in [1.165, 1.54) is 17.0 Å². The number of hydrogen-bond acceptors (Lipinski definition) is 2. The van der Waals surface area contributed by atoms with Crippen LogP contribution < -0.4 is 10.6 Å². The zero-order valence-electron chi connectivity index (χ0n) is 15.0. The van der Waals surface area contributed by atoms with E-state index in [9.17, 15) is 9.18 Å². The standard InChI is InChI=1S/C18H24FN5O.HI/c1-4-8-20-18(23-12-17(25)24(2)3)21-9-7-13-11-22-16-6-5-14(19)10-15(13)16;/h4-6,10-11,22H,1,7-9,12H2,2-3H3,(H2,20,21,23);1H. The van der Waals surface area contributed by atoms with E-state index >= 15 is 0 Å². The summed E-state index contributed by atoms with van der Waals surface area (Å²) in [5.41, 5.74) is 1.93. The van der Waals surface area contributed by atoms with Crippen LogP contribution in [0.5, 0.6) is 0 Å². The first kappa shape index (κ1) is 21.9. The van der Waals surface area contributed by atoms with E-state index in [0.29, 0.717) is 25.5 Å². The largest absolute Gasteiger partial charge is 0.361 e. The molecule has 6 nitrogen and oxygen atoms in total. The molecule has 0 saturated heterocycles. The molecule has 8 heteroatoms. The van der Waals surface area contributed by atoms with Gasteiger partial charge < -0.3 is 20.5 Å². The molecule has 0 bridgehead atoms. The number of likely N-dealkylation sites (N-methyl/N-ethyl adjacent to an activating group) is 1. The number of rotatable bonds is 7. The number of hydrogen-bond donors (Lipinski definition) is 3. The van der Waals surface area contributed by atoms with Crippen LogP contribution in [0.4, 0.5) is 4.39 Å². The Balaban J connectivity index is 0.00000338. The summed E-state index contributed by atoms with van der Waals surface area (Å²) < 4.78 is 13.4. The fourth-order valence-corrected chi connectivity index (χ4v) is 2.30. The van der Waals surface area contributed by atoms with Gasteiger partial charge in [0, 0.05) is 44.3 Å². The molecule has 0 spiro atoms. The second-order valence-electron chi connectivity index (χ2n) is 5.80. The summed E-state index contributed by atoms with van der Waals surface area (Å²) >= 11 is 0. The third-order valence-corrected chi connectivity index (χ3v) is 3.70. The third kappa shape index (κ3) is 6.32. The van der Waals surface area contributed by atoms with Gasteiger partial charge in [0.1, 0.15) is 12.4 Å². The van der Waals surface area contributed by atoms with Crippen molar-refractivity contribution in [1.82, 2.24) is 20.5 Å². The molecule has 0 atom stereocenters. The van der Waals surface area contributed by atoms with Gasteiger partial charge in [0.25, 0.3) is 0 Å². The molecule has 1 aromatic carbocycles. The van der Waals surface area contributed by atoms with Crippen molar-refractivity contribution < 1.29 is 9.18 Å². The summed E-state index contributed by atoms with van der Waals surface area (Å²) in [6.07, 6.45) is 4.29. The van der Waals surface area contributed by atoms with Crippen molar-refractivity contribution >= 4 is 46.7 Å². The predicted molar refractivity (Wildman–Crippen MR) is 115 cm³/mol. The molecule has 0 unspecified atom stereocenters. The average molecular weight is 473 g/mol. The highest BCUT2D eigenvalue weighted by Crippen LogP contribution is 2.19. The Morgan fingerprint density at radius 2 is 2.15 bits per heavy atom. The van der Waals surface area contributed by atoms with E-state index in [1.807, 2.05) is 6.20 Å². The van der Waals surface area contributed by atoms with Gasteiger partial charge in [-0.25, -0.2) is 9.38 Å². The minimum absolute atomic E-state index is 0. The topological polar surface area (TPSA) is 72.5 Å². The Morgan fingerprint density at radius 3 is 2.85 bits per heavy atom. The Labute approximate surface area is 170 Å². The van der Waals surface area contributed by atoms with Crippen molar-refractivity contribution in [2.75, 3.05) is 33.7 Å². The van der Waals surface area contributed by atoms with Crippen LogP contribution in [-0.2, 0) is 11.2 Å².